The maximum atomic E-state index is 10.8. The third kappa shape index (κ3) is 0.472. The zero-order chi connectivity index (χ0) is 6.48. The maximum absolute atomic E-state index is 10.8. The van der Waals surface area contributed by atoms with Gasteiger partial charge in [0.25, 0.3) is 5.91 Å². The molecule has 1 spiro atoms. The van der Waals surface area contributed by atoms with E-state index in [0.717, 1.165) is 12.8 Å². The first kappa shape index (κ1) is 4.78. The van der Waals surface area contributed by atoms with Gasteiger partial charge in [0.2, 0.25) is 0 Å². The van der Waals surface area contributed by atoms with Gasteiger partial charge in [-0.2, -0.15) is 0 Å². The summed E-state index contributed by atoms with van der Waals surface area (Å²) in [7, 11) is 0. The molecule has 48 valence electrons. The van der Waals surface area contributed by atoms with Gasteiger partial charge in [0.15, 0.2) is 0 Å². The second-order valence-corrected chi connectivity index (χ2v) is 2.49. The van der Waals surface area contributed by atoms with Gasteiger partial charge in [0.05, 0.1) is 0 Å². The number of hydrogen-bond acceptors (Lipinski definition) is 2. The van der Waals surface area contributed by atoms with E-state index in [1.165, 1.54) is 0 Å². The van der Waals surface area contributed by atoms with Gasteiger partial charge in [0.1, 0.15) is 5.54 Å². The number of nitrogens with one attached hydrogen (secondary N) is 2. The maximum Gasteiger partial charge on any atom is 0.322 e. The number of carbonyl (C=O) groups is 2. The SMILES string of the molecule is O=C1NC(=O)C2(CC2)N1. The Labute approximate surface area is 51.6 Å². The summed E-state index contributed by atoms with van der Waals surface area (Å²) in [5.74, 6) is -0.160. The van der Waals surface area contributed by atoms with E-state index < -0.39 is 5.54 Å². The van der Waals surface area contributed by atoms with E-state index in [-0.39, 0.29) is 11.9 Å². The third-order valence-electron chi connectivity index (χ3n) is 1.76. The van der Waals surface area contributed by atoms with Gasteiger partial charge in [0, 0.05) is 0 Å². The van der Waals surface area contributed by atoms with Crippen LogP contribution in [0.1, 0.15) is 12.8 Å². The fourth-order valence-electron chi connectivity index (χ4n) is 1.01. The van der Waals surface area contributed by atoms with Crippen molar-refractivity contribution in [2.45, 2.75) is 18.4 Å². The molecule has 0 aromatic rings. The molecule has 0 aromatic heterocycles. The summed E-state index contributed by atoms with van der Waals surface area (Å²) >= 11 is 0. The number of hydrogen-bond donors (Lipinski definition) is 2. The molecular weight excluding hydrogens is 120 g/mol. The third-order valence-corrected chi connectivity index (χ3v) is 1.76. The van der Waals surface area contributed by atoms with Gasteiger partial charge >= 0.3 is 6.03 Å². The normalized spacial score (nSPS) is 28.0. The van der Waals surface area contributed by atoms with Crippen LogP contribution < -0.4 is 10.6 Å². The van der Waals surface area contributed by atoms with Crippen LogP contribution in [0.3, 0.4) is 0 Å². The van der Waals surface area contributed by atoms with Gasteiger partial charge in [-0.3, -0.25) is 10.1 Å². The number of carbonyl (C=O) groups excluding carboxylic acids is 2. The fourth-order valence-corrected chi connectivity index (χ4v) is 1.01. The molecule has 2 fully saturated rings. The molecule has 1 saturated heterocycles. The molecule has 0 aromatic carbocycles. The van der Waals surface area contributed by atoms with E-state index in [1.807, 2.05) is 0 Å². The van der Waals surface area contributed by atoms with Crippen molar-refractivity contribution in [3.63, 3.8) is 0 Å². The molecular formula is C5H6N2O2. The molecule has 2 N–H and O–H groups in total. The van der Waals surface area contributed by atoms with Crippen molar-refractivity contribution in [3.05, 3.63) is 0 Å². The summed E-state index contributed by atoms with van der Waals surface area (Å²) < 4.78 is 0. The van der Waals surface area contributed by atoms with E-state index in [0.29, 0.717) is 0 Å². The van der Waals surface area contributed by atoms with Crippen LogP contribution in [0.25, 0.3) is 0 Å². The number of imide groups is 1. The molecule has 2 rings (SSSR count). The quantitative estimate of drug-likeness (QED) is 0.424. The lowest BCUT2D eigenvalue weighted by atomic mass is 10.3. The average Bonchev–Trinajstić information content (AvgIpc) is 2.42. The summed E-state index contributed by atoms with van der Waals surface area (Å²) in [4.78, 5) is 21.2. The molecule has 1 aliphatic heterocycles. The average molecular weight is 126 g/mol. The Bertz CT molecular complexity index is 195. The monoisotopic (exact) mass is 126 g/mol. The smallest absolute Gasteiger partial charge is 0.322 e. The molecule has 3 amide bonds. The summed E-state index contributed by atoms with van der Waals surface area (Å²) in [6, 6.07) is -0.350. The van der Waals surface area contributed by atoms with Crippen molar-refractivity contribution in [2.24, 2.45) is 0 Å². The van der Waals surface area contributed by atoms with Crippen molar-refractivity contribution in [2.75, 3.05) is 0 Å². The fraction of sp³-hybridized carbons (Fsp3) is 0.600. The molecule has 4 nitrogen and oxygen atoms in total. The van der Waals surface area contributed by atoms with Crippen LogP contribution >= 0.6 is 0 Å². The van der Waals surface area contributed by atoms with Crippen LogP contribution in [-0.4, -0.2) is 17.5 Å². The van der Waals surface area contributed by atoms with E-state index >= 15 is 0 Å². The first-order valence-corrected chi connectivity index (χ1v) is 2.87. The first-order valence-electron chi connectivity index (χ1n) is 2.87. The Hall–Kier alpha value is -1.06. The molecule has 0 unspecified atom stereocenters. The van der Waals surface area contributed by atoms with Gasteiger partial charge in [-0.15, -0.1) is 0 Å². The van der Waals surface area contributed by atoms with Crippen molar-refractivity contribution in [1.82, 2.24) is 10.6 Å². The molecule has 0 atom stereocenters. The highest BCUT2D eigenvalue weighted by Crippen LogP contribution is 2.37. The van der Waals surface area contributed by atoms with Crippen molar-refractivity contribution in [3.8, 4) is 0 Å². The van der Waals surface area contributed by atoms with Gasteiger partial charge in [-0.25, -0.2) is 4.79 Å². The molecule has 1 aliphatic carbocycles. The van der Waals surface area contributed by atoms with Crippen LogP contribution in [0.15, 0.2) is 0 Å². The van der Waals surface area contributed by atoms with Crippen LogP contribution in [0.4, 0.5) is 4.79 Å². The van der Waals surface area contributed by atoms with E-state index in [1.54, 1.807) is 0 Å². The van der Waals surface area contributed by atoms with Crippen LogP contribution in [-0.2, 0) is 4.79 Å². The number of rotatable bonds is 0. The largest absolute Gasteiger partial charge is 0.323 e. The predicted octanol–water partition coefficient (Wildman–Crippen LogP) is -0.642. The molecule has 0 radical (unpaired) electrons. The summed E-state index contributed by atoms with van der Waals surface area (Å²) in [5, 5.41) is 4.73. The molecule has 9 heavy (non-hydrogen) atoms. The Morgan fingerprint density at radius 2 is 2.00 bits per heavy atom. The number of urea groups is 1. The lowest BCUT2D eigenvalue weighted by Gasteiger charge is -1.97. The lowest BCUT2D eigenvalue weighted by molar-refractivity contribution is -0.121. The van der Waals surface area contributed by atoms with E-state index in [2.05, 4.69) is 10.6 Å². The molecule has 0 bridgehead atoms. The van der Waals surface area contributed by atoms with Gasteiger partial charge in [-0.1, -0.05) is 0 Å². The predicted molar refractivity (Wildman–Crippen MR) is 28.6 cm³/mol. The zero-order valence-corrected chi connectivity index (χ0v) is 4.73. The highest BCUT2D eigenvalue weighted by molar-refractivity contribution is 6.08. The number of amides is 3. The second kappa shape index (κ2) is 1.10. The Balaban J connectivity index is 2.28. The van der Waals surface area contributed by atoms with Gasteiger partial charge < -0.3 is 5.32 Å². The molecule has 2 aliphatic rings. The van der Waals surface area contributed by atoms with Crippen molar-refractivity contribution in [1.29, 1.82) is 0 Å². The van der Waals surface area contributed by atoms with Crippen LogP contribution in [0, 0.1) is 0 Å². The van der Waals surface area contributed by atoms with Crippen LogP contribution in [0.5, 0.6) is 0 Å². The minimum atomic E-state index is -0.475. The Morgan fingerprint density at radius 3 is 2.22 bits per heavy atom. The standard InChI is InChI=1S/C5H6N2O2/c8-3-5(1-2-5)7-4(9)6-3/h1-2H2,(H2,6,7,8,9). The van der Waals surface area contributed by atoms with E-state index in [4.69, 9.17) is 0 Å². The van der Waals surface area contributed by atoms with Gasteiger partial charge in [-0.05, 0) is 12.8 Å². The van der Waals surface area contributed by atoms with Crippen molar-refractivity contribution >= 4 is 11.9 Å². The summed E-state index contributed by atoms with van der Waals surface area (Å²) in [6.07, 6.45) is 1.59. The van der Waals surface area contributed by atoms with Crippen LogP contribution in [0.2, 0.25) is 0 Å². The first-order chi connectivity index (χ1) is 4.23. The van der Waals surface area contributed by atoms with E-state index in [9.17, 15) is 9.59 Å². The molecule has 1 heterocycles. The minimum Gasteiger partial charge on any atom is -0.323 e. The lowest BCUT2D eigenvalue weighted by Crippen LogP contribution is -2.30. The zero-order valence-electron chi connectivity index (χ0n) is 4.73. The summed E-state index contributed by atoms with van der Waals surface area (Å²) in [5.41, 5.74) is -0.475. The highest BCUT2D eigenvalue weighted by atomic mass is 16.2. The second-order valence-electron chi connectivity index (χ2n) is 2.49. The highest BCUT2D eigenvalue weighted by Gasteiger charge is 2.55. The topological polar surface area (TPSA) is 58.2 Å². The molecule has 1 saturated carbocycles. The summed E-state index contributed by atoms with van der Waals surface area (Å²) in [6.45, 7) is 0. The Morgan fingerprint density at radius 1 is 1.33 bits per heavy atom. The molecule has 4 heteroatoms. The Kier molecular flexibility index (Phi) is 0.583. The van der Waals surface area contributed by atoms with Crippen molar-refractivity contribution < 1.29 is 9.59 Å². The minimum absolute atomic E-state index is 0.160.